The van der Waals surface area contributed by atoms with E-state index in [-0.39, 0.29) is 5.69 Å². The Kier molecular flexibility index (Phi) is 3.34. The molecule has 1 aromatic rings. The number of hydrogen-bond acceptors (Lipinski definition) is 1. The van der Waals surface area contributed by atoms with Gasteiger partial charge in [-0.3, -0.25) is 4.79 Å². The largest absolute Gasteiger partial charge is 0.406 e. The summed E-state index contributed by atoms with van der Waals surface area (Å²) in [6.07, 6.45) is -4.39. The Morgan fingerprint density at radius 2 is 1.80 bits per heavy atom. The van der Waals surface area contributed by atoms with Crippen LogP contribution in [0.25, 0.3) is 0 Å². The van der Waals surface area contributed by atoms with Crippen LogP contribution in [0.2, 0.25) is 0 Å². The molecular formula is C10H10F3NO. The van der Waals surface area contributed by atoms with Crippen LogP contribution in [-0.2, 0) is 4.79 Å². The van der Waals surface area contributed by atoms with Crippen molar-refractivity contribution in [2.75, 3.05) is 11.4 Å². The van der Waals surface area contributed by atoms with Crippen molar-refractivity contribution >= 4 is 11.6 Å². The third-order valence-electron chi connectivity index (χ3n) is 1.79. The van der Waals surface area contributed by atoms with Crippen molar-refractivity contribution in [3.8, 4) is 0 Å². The van der Waals surface area contributed by atoms with Crippen molar-refractivity contribution in [2.24, 2.45) is 0 Å². The first-order valence-corrected chi connectivity index (χ1v) is 4.30. The van der Waals surface area contributed by atoms with E-state index in [1.54, 1.807) is 18.2 Å². The fraction of sp³-hybridized carbons (Fsp3) is 0.300. The van der Waals surface area contributed by atoms with Crippen LogP contribution in [0.1, 0.15) is 6.92 Å². The highest BCUT2D eigenvalue weighted by Crippen LogP contribution is 2.21. The number of benzene rings is 1. The third-order valence-corrected chi connectivity index (χ3v) is 1.79. The van der Waals surface area contributed by atoms with Gasteiger partial charge in [-0.05, 0) is 12.1 Å². The maximum Gasteiger partial charge on any atom is 0.406 e. The predicted octanol–water partition coefficient (Wildman–Crippen LogP) is 2.60. The number of amides is 1. The normalized spacial score (nSPS) is 11.2. The molecule has 0 spiro atoms. The Hall–Kier alpha value is -1.52. The van der Waals surface area contributed by atoms with Gasteiger partial charge in [-0.25, -0.2) is 0 Å². The molecule has 0 aliphatic heterocycles. The molecule has 2 nitrogen and oxygen atoms in total. The predicted molar refractivity (Wildman–Crippen MR) is 50.5 cm³/mol. The first-order chi connectivity index (χ1) is 6.90. The molecule has 0 atom stereocenters. The highest BCUT2D eigenvalue weighted by atomic mass is 19.4. The fourth-order valence-corrected chi connectivity index (χ4v) is 1.17. The molecule has 0 heterocycles. The van der Waals surface area contributed by atoms with Crippen molar-refractivity contribution in [2.45, 2.75) is 13.1 Å². The molecule has 0 bridgehead atoms. The molecule has 0 radical (unpaired) electrons. The van der Waals surface area contributed by atoms with Gasteiger partial charge in [-0.2, -0.15) is 13.2 Å². The molecule has 0 aliphatic rings. The van der Waals surface area contributed by atoms with Crippen LogP contribution in [0.5, 0.6) is 0 Å². The number of halogens is 3. The van der Waals surface area contributed by atoms with Gasteiger partial charge in [0.25, 0.3) is 0 Å². The average molecular weight is 217 g/mol. The number of hydrogen-bond donors (Lipinski definition) is 0. The van der Waals surface area contributed by atoms with E-state index in [0.717, 1.165) is 6.92 Å². The second-order valence-electron chi connectivity index (χ2n) is 3.06. The van der Waals surface area contributed by atoms with Crippen molar-refractivity contribution in [3.63, 3.8) is 0 Å². The molecule has 82 valence electrons. The number of anilines is 1. The second-order valence-corrected chi connectivity index (χ2v) is 3.06. The van der Waals surface area contributed by atoms with Crippen LogP contribution < -0.4 is 4.90 Å². The molecule has 1 amide bonds. The van der Waals surface area contributed by atoms with E-state index in [4.69, 9.17) is 0 Å². The molecule has 0 fully saturated rings. The molecule has 0 saturated carbocycles. The quantitative estimate of drug-likeness (QED) is 0.745. The van der Waals surface area contributed by atoms with Crippen LogP contribution in [0.15, 0.2) is 30.3 Å². The number of nitrogens with zero attached hydrogens (tertiary/aromatic N) is 1. The molecular weight excluding hydrogens is 207 g/mol. The number of carbonyl (C=O) groups is 1. The lowest BCUT2D eigenvalue weighted by Gasteiger charge is -2.22. The summed E-state index contributed by atoms with van der Waals surface area (Å²) in [4.78, 5) is 11.7. The summed E-state index contributed by atoms with van der Waals surface area (Å²) in [5, 5.41) is 0. The first kappa shape index (κ1) is 11.6. The third kappa shape index (κ3) is 3.61. The number of carbonyl (C=O) groups excluding carboxylic acids is 1. The molecule has 1 aromatic carbocycles. The zero-order valence-corrected chi connectivity index (χ0v) is 8.08. The lowest BCUT2D eigenvalue weighted by atomic mass is 10.3. The lowest BCUT2D eigenvalue weighted by Crippen LogP contribution is -2.37. The lowest BCUT2D eigenvalue weighted by molar-refractivity contribution is -0.131. The van der Waals surface area contributed by atoms with Gasteiger partial charge >= 0.3 is 6.18 Å². The van der Waals surface area contributed by atoms with Gasteiger partial charge in [-0.15, -0.1) is 0 Å². The maximum absolute atomic E-state index is 12.2. The summed E-state index contributed by atoms with van der Waals surface area (Å²) in [6, 6.07) is 7.78. The fourth-order valence-electron chi connectivity index (χ4n) is 1.17. The van der Waals surface area contributed by atoms with E-state index < -0.39 is 18.6 Å². The minimum Gasteiger partial charge on any atom is -0.304 e. The molecule has 15 heavy (non-hydrogen) atoms. The molecule has 1 rings (SSSR count). The van der Waals surface area contributed by atoms with Crippen molar-refractivity contribution in [3.05, 3.63) is 30.3 Å². The monoisotopic (exact) mass is 217 g/mol. The Morgan fingerprint density at radius 1 is 1.27 bits per heavy atom. The van der Waals surface area contributed by atoms with Crippen LogP contribution in [0.4, 0.5) is 18.9 Å². The Balaban J connectivity index is 2.90. The minimum absolute atomic E-state index is 0.252. The van der Waals surface area contributed by atoms with E-state index >= 15 is 0 Å². The maximum atomic E-state index is 12.2. The van der Waals surface area contributed by atoms with Gasteiger partial charge < -0.3 is 4.90 Å². The molecule has 0 aliphatic carbocycles. The highest BCUT2D eigenvalue weighted by molar-refractivity contribution is 5.91. The summed E-state index contributed by atoms with van der Waals surface area (Å²) >= 11 is 0. The van der Waals surface area contributed by atoms with Crippen LogP contribution in [0, 0.1) is 0 Å². The van der Waals surface area contributed by atoms with E-state index in [2.05, 4.69) is 0 Å². The number of para-hydroxylation sites is 1. The summed E-state index contributed by atoms with van der Waals surface area (Å²) in [6.45, 7) is -0.148. The van der Waals surface area contributed by atoms with E-state index in [9.17, 15) is 18.0 Å². The Labute approximate surface area is 85.3 Å². The van der Waals surface area contributed by atoms with Crippen LogP contribution in [-0.4, -0.2) is 18.6 Å². The van der Waals surface area contributed by atoms with Crippen molar-refractivity contribution in [1.82, 2.24) is 0 Å². The van der Waals surface area contributed by atoms with E-state index in [1.165, 1.54) is 12.1 Å². The first-order valence-electron chi connectivity index (χ1n) is 4.30. The summed E-state index contributed by atoms with van der Waals surface area (Å²) in [7, 11) is 0. The zero-order chi connectivity index (χ0) is 11.5. The standard InChI is InChI=1S/C10H10F3NO/c1-8(15)14(7-10(11,12)13)9-5-3-2-4-6-9/h2-6H,7H2,1H3. The van der Waals surface area contributed by atoms with Crippen molar-refractivity contribution in [1.29, 1.82) is 0 Å². The SMILES string of the molecule is CC(=O)N(CC(F)(F)F)c1ccccc1. The van der Waals surface area contributed by atoms with Gasteiger partial charge in [0.1, 0.15) is 6.54 Å². The number of alkyl halides is 3. The molecule has 5 heteroatoms. The summed E-state index contributed by atoms with van der Waals surface area (Å²) in [5.41, 5.74) is 0.252. The van der Waals surface area contributed by atoms with Crippen LogP contribution >= 0.6 is 0 Å². The van der Waals surface area contributed by atoms with E-state index in [1.807, 2.05) is 0 Å². The average Bonchev–Trinajstić information content (AvgIpc) is 2.14. The zero-order valence-electron chi connectivity index (χ0n) is 8.08. The smallest absolute Gasteiger partial charge is 0.304 e. The van der Waals surface area contributed by atoms with Gasteiger partial charge in [0.05, 0.1) is 0 Å². The topological polar surface area (TPSA) is 20.3 Å². The minimum atomic E-state index is -4.39. The summed E-state index contributed by atoms with van der Waals surface area (Å²) < 4.78 is 36.5. The Bertz CT molecular complexity index is 334. The number of rotatable bonds is 2. The molecule has 0 aromatic heterocycles. The highest BCUT2D eigenvalue weighted by Gasteiger charge is 2.32. The molecule has 0 N–H and O–H groups in total. The van der Waals surface area contributed by atoms with Gasteiger partial charge in [0, 0.05) is 12.6 Å². The van der Waals surface area contributed by atoms with Crippen molar-refractivity contribution < 1.29 is 18.0 Å². The Morgan fingerprint density at radius 3 is 2.20 bits per heavy atom. The van der Waals surface area contributed by atoms with Gasteiger partial charge in [-0.1, -0.05) is 18.2 Å². The molecule has 0 saturated heterocycles. The van der Waals surface area contributed by atoms with Gasteiger partial charge in [0.15, 0.2) is 0 Å². The van der Waals surface area contributed by atoms with Crippen LogP contribution in [0.3, 0.4) is 0 Å². The summed E-state index contributed by atoms with van der Waals surface area (Å²) in [5.74, 6) is -0.626. The van der Waals surface area contributed by atoms with Gasteiger partial charge in [0.2, 0.25) is 5.91 Å². The van der Waals surface area contributed by atoms with E-state index in [0.29, 0.717) is 4.90 Å². The second kappa shape index (κ2) is 4.33. The molecule has 0 unspecified atom stereocenters.